The lowest BCUT2D eigenvalue weighted by molar-refractivity contribution is -0.926. The molecule has 0 bridgehead atoms. The second-order valence-electron chi connectivity index (χ2n) is 5.85. The van der Waals surface area contributed by atoms with Crippen LogP contribution in [0.4, 0.5) is 0 Å². The Balaban J connectivity index is 1.79. The van der Waals surface area contributed by atoms with Gasteiger partial charge in [0.25, 0.3) is 5.91 Å². The summed E-state index contributed by atoms with van der Waals surface area (Å²) in [5.74, 6) is 0.227. The summed E-state index contributed by atoms with van der Waals surface area (Å²) in [5.41, 5.74) is 1.16. The number of carbonyl (C=O) groups excluding carboxylic acids is 1. The van der Waals surface area contributed by atoms with Crippen molar-refractivity contribution in [3.63, 3.8) is 0 Å². The molecule has 1 saturated carbocycles. The fourth-order valence-corrected chi connectivity index (χ4v) is 3.02. The number of carbonyl (C=O) groups is 1. The van der Waals surface area contributed by atoms with Crippen LogP contribution in [0.1, 0.15) is 43.7 Å². The molecule has 3 heteroatoms. The second-order valence-corrected chi connectivity index (χ2v) is 5.85. The van der Waals surface area contributed by atoms with Gasteiger partial charge in [-0.25, -0.2) is 0 Å². The Morgan fingerprint density at radius 3 is 2.42 bits per heavy atom. The van der Waals surface area contributed by atoms with Gasteiger partial charge in [0.05, 0.1) is 13.1 Å². The van der Waals surface area contributed by atoms with Crippen molar-refractivity contribution in [2.45, 2.75) is 44.2 Å². The summed E-state index contributed by atoms with van der Waals surface area (Å²) in [4.78, 5) is 14.0. The molecule has 1 amide bonds. The van der Waals surface area contributed by atoms with Crippen LogP contribution in [0.2, 0.25) is 0 Å². The van der Waals surface area contributed by atoms with Crippen molar-refractivity contribution < 1.29 is 9.69 Å². The molecule has 1 saturated heterocycles. The van der Waals surface area contributed by atoms with Crippen LogP contribution in [0.15, 0.2) is 30.3 Å². The third kappa shape index (κ3) is 3.16. The Labute approximate surface area is 115 Å². The van der Waals surface area contributed by atoms with E-state index in [0.717, 1.165) is 31.5 Å². The predicted molar refractivity (Wildman–Crippen MR) is 74.9 cm³/mol. The number of rotatable bonds is 4. The highest BCUT2D eigenvalue weighted by atomic mass is 16.2. The number of piperidine rings is 1. The highest BCUT2D eigenvalue weighted by Gasteiger charge is 2.35. The van der Waals surface area contributed by atoms with Crippen molar-refractivity contribution in [2.75, 3.05) is 13.1 Å². The largest absolute Gasteiger partial charge is 0.348 e. The van der Waals surface area contributed by atoms with Gasteiger partial charge in [-0.15, -0.1) is 0 Å². The van der Waals surface area contributed by atoms with Crippen LogP contribution in [0.3, 0.4) is 0 Å². The molecule has 3 rings (SSSR count). The summed E-state index contributed by atoms with van der Waals surface area (Å²) in [5, 5.41) is 3.19. The quantitative estimate of drug-likeness (QED) is 0.833. The van der Waals surface area contributed by atoms with Gasteiger partial charge in [-0.2, -0.15) is 0 Å². The molecule has 2 aliphatic rings. The van der Waals surface area contributed by atoms with Crippen LogP contribution < -0.4 is 10.2 Å². The molecular formula is C16H23N2O+. The molecule has 1 aromatic carbocycles. The van der Waals surface area contributed by atoms with E-state index in [2.05, 4.69) is 17.4 Å². The number of hydrogen-bond acceptors (Lipinski definition) is 1. The number of likely N-dealkylation sites (tertiary alicyclic amines) is 1. The highest BCUT2D eigenvalue weighted by Crippen LogP contribution is 2.20. The first-order chi connectivity index (χ1) is 9.34. The van der Waals surface area contributed by atoms with E-state index < -0.39 is 0 Å². The summed E-state index contributed by atoms with van der Waals surface area (Å²) in [6.45, 7) is 2.25. The molecule has 0 radical (unpaired) electrons. The molecular weight excluding hydrogens is 236 g/mol. The molecule has 1 heterocycles. The molecule has 2 N–H and O–H groups in total. The first-order valence-electron chi connectivity index (χ1n) is 7.54. The summed E-state index contributed by atoms with van der Waals surface area (Å²) < 4.78 is 0. The average molecular weight is 259 g/mol. The van der Waals surface area contributed by atoms with Gasteiger partial charge in [-0.1, -0.05) is 30.3 Å². The molecule has 0 unspecified atom stereocenters. The Bertz CT molecular complexity index is 422. The summed E-state index contributed by atoms with van der Waals surface area (Å²) in [6, 6.07) is 10.7. The standard InChI is InChI=1S/C16H22N2O/c19-16(17-14-9-10-14)15(13-7-3-1-4-8-13)18-11-5-2-6-12-18/h1,3-4,7-8,14-15H,2,5-6,9-12H2,(H,17,19)/p+1/t15-/m1/s1. The van der Waals surface area contributed by atoms with Gasteiger partial charge in [-0.3, -0.25) is 4.79 Å². The first-order valence-corrected chi connectivity index (χ1v) is 7.54. The molecule has 1 aliphatic heterocycles. The predicted octanol–water partition coefficient (Wildman–Crippen LogP) is 1.08. The first kappa shape index (κ1) is 12.7. The van der Waals surface area contributed by atoms with Crippen LogP contribution >= 0.6 is 0 Å². The summed E-state index contributed by atoms with van der Waals surface area (Å²) in [6.07, 6.45) is 6.12. The number of hydrogen-bond donors (Lipinski definition) is 2. The number of quaternary nitrogens is 1. The molecule has 2 fully saturated rings. The van der Waals surface area contributed by atoms with E-state index in [-0.39, 0.29) is 11.9 Å². The minimum Gasteiger partial charge on any atom is -0.348 e. The molecule has 19 heavy (non-hydrogen) atoms. The van der Waals surface area contributed by atoms with Crippen molar-refractivity contribution >= 4 is 5.91 Å². The highest BCUT2D eigenvalue weighted by molar-refractivity contribution is 5.82. The Morgan fingerprint density at radius 1 is 1.11 bits per heavy atom. The van der Waals surface area contributed by atoms with E-state index in [4.69, 9.17) is 0 Å². The van der Waals surface area contributed by atoms with E-state index >= 15 is 0 Å². The third-order valence-corrected chi connectivity index (χ3v) is 4.22. The zero-order valence-electron chi connectivity index (χ0n) is 11.4. The van der Waals surface area contributed by atoms with Gasteiger partial charge >= 0.3 is 0 Å². The summed E-state index contributed by atoms with van der Waals surface area (Å²) in [7, 11) is 0. The average Bonchev–Trinajstić information content (AvgIpc) is 3.25. The van der Waals surface area contributed by atoms with E-state index in [0.29, 0.717) is 6.04 Å². The van der Waals surface area contributed by atoms with Gasteiger partial charge in [0.1, 0.15) is 0 Å². The van der Waals surface area contributed by atoms with Crippen LogP contribution in [0, 0.1) is 0 Å². The van der Waals surface area contributed by atoms with Crippen molar-refractivity contribution in [3.8, 4) is 0 Å². The van der Waals surface area contributed by atoms with Crippen LogP contribution in [0.25, 0.3) is 0 Å². The number of nitrogens with one attached hydrogen (secondary N) is 2. The zero-order chi connectivity index (χ0) is 13.1. The van der Waals surface area contributed by atoms with E-state index in [9.17, 15) is 4.79 Å². The van der Waals surface area contributed by atoms with Gasteiger partial charge < -0.3 is 10.2 Å². The fraction of sp³-hybridized carbons (Fsp3) is 0.562. The molecule has 0 spiro atoms. The van der Waals surface area contributed by atoms with Crippen molar-refractivity contribution in [1.82, 2.24) is 5.32 Å². The molecule has 0 aromatic heterocycles. The molecule has 1 aromatic rings. The maximum Gasteiger partial charge on any atom is 0.283 e. The fourth-order valence-electron chi connectivity index (χ4n) is 3.02. The SMILES string of the molecule is O=C(NC1CC1)[C@@H](c1ccccc1)[NH+]1CCCCC1. The lowest BCUT2D eigenvalue weighted by atomic mass is 10.0. The normalized spacial score (nSPS) is 21.9. The van der Waals surface area contributed by atoms with Gasteiger partial charge in [-0.05, 0) is 32.1 Å². The molecule has 1 aliphatic carbocycles. The van der Waals surface area contributed by atoms with E-state index in [1.54, 1.807) is 0 Å². The number of amides is 1. The zero-order valence-corrected chi connectivity index (χ0v) is 11.4. The Morgan fingerprint density at radius 2 is 1.79 bits per heavy atom. The van der Waals surface area contributed by atoms with Gasteiger partial charge in [0, 0.05) is 11.6 Å². The molecule has 3 nitrogen and oxygen atoms in total. The van der Waals surface area contributed by atoms with Crippen molar-refractivity contribution in [3.05, 3.63) is 35.9 Å². The van der Waals surface area contributed by atoms with Crippen LogP contribution in [-0.4, -0.2) is 25.0 Å². The Kier molecular flexibility index (Phi) is 3.83. The maximum atomic E-state index is 12.6. The lowest BCUT2D eigenvalue weighted by Gasteiger charge is -2.31. The summed E-state index contributed by atoms with van der Waals surface area (Å²) >= 11 is 0. The molecule has 1 atom stereocenters. The molecule has 102 valence electrons. The number of benzene rings is 1. The topological polar surface area (TPSA) is 33.5 Å². The third-order valence-electron chi connectivity index (χ3n) is 4.22. The van der Waals surface area contributed by atoms with E-state index in [1.807, 2.05) is 18.2 Å². The Hall–Kier alpha value is -1.35. The smallest absolute Gasteiger partial charge is 0.283 e. The van der Waals surface area contributed by atoms with Crippen LogP contribution in [0.5, 0.6) is 0 Å². The lowest BCUT2D eigenvalue weighted by Crippen LogP contribution is -3.14. The van der Waals surface area contributed by atoms with E-state index in [1.165, 1.54) is 24.2 Å². The van der Waals surface area contributed by atoms with Crippen LogP contribution in [-0.2, 0) is 4.79 Å². The van der Waals surface area contributed by atoms with Gasteiger partial charge in [0.2, 0.25) is 0 Å². The minimum absolute atomic E-state index is 0.0119. The monoisotopic (exact) mass is 259 g/mol. The van der Waals surface area contributed by atoms with Crippen molar-refractivity contribution in [1.29, 1.82) is 0 Å². The minimum atomic E-state index is -0.0119. The second kappa shape index (κ2) is 5.74. The van der Waals surface area contributed by atoms with Crippen molar-refractivity contribution in [2.24, 2.45) is 0 Å². The van der Waals surface area contributed by atoms with Gasteiger partial charge in [0.15, 0.2) is 6.04 Å². The maximum absolute atomic E-state index is 12.6.